The van der Waals surface area contributed by atoms with Crippen molar-refractivity contribution in [3.63, 3.8) is 0 Å². The summed E-state index contributed by atoms with van der Waals surface area (Å²) in [4.78, 5) is 12.4. The molecule has 0 aliphatic heterocycles. The number of nitrogen functional groups attached to an aromatic ring is 1. The quantitative estimate of drug-likeness (QED) is 0.838. The van der Waals surface area contributed by atoms with Gasteiger partial charge in [0.2, 0.25) is 5.91 Å². The summed E-state index contributed by atoms with van der Waals surface area (Å²) in [5.41, 5.74) is 7.48. The van der Waals surface area contributed by atoms with Crippen LogP contribution in [0.15, 0.2) is 24.3 Å². The zero-order valence-electron chi connectivity index (χ0n) is 12.3. The molecule has 2 rings (SSSR count). The van der Waals surface area contributed by atoms with Crippen LogP contribution in [0.3, 0.4) is 0 Å². The first-order valence-electron chi connectivity index (χ1n) is 7.30. The van der Waals surface area contributed by atoms with Crippen LogP contribution in [0.4, 0.5) is 5.69 Å². The molecular formula is C16H24N2OS. The van der Waals surface area contributed by atoms with Crippen molar-refractivity contribution in [1.82, 2.24) is 5.32 Å². The third kappa shape index (κ3) is 3.69. The lowest BCUT2D eigenvalue weighted by Crippen LogP contribution is -2.45. The van der Waals surface area contributed by atoms with E-state index in [1.807, 2.05) is 43.0 Å². The molecular weight excluding hydrogens is 268 g/mol. The summed E-state index contributed by atoms with van der Waals surface area (Å²) in [6, 6.07) is 7.92. The Balaban J connectivity index is 2.00. The van der Waals surface area contributed by atoms with Crippen LogP contribution in [-0.2, 0) is 4.79 Å². The summed E-state index contributed by atoms with van der Waals surface area (Å²) in [5, 5.41) is 3.79. The van der Waals surface area contributed by atoms with Gasteiger partial charge >= 0.3 is 0 Å². The average Bonchev–Trinajstić information content (AvgIpc) is 2.47. The van der Waals surface area contributed by atoms with E-state index in [0.29, 0.717) is 17.0 Å². The summed E-state index contributed by atoms with van der Waals surface area (Å²) in [5.74, 6) is -0.0375. The normalized spacial score (nSPS) is 24.1. The Hall–Kier alpha value is -1.16. The van der Waals surface area contributed by atoms with Crippen LogP contribution in [0, 0.1) is 0 Å². The fourth-order valence-electron chi connectivity index (χ4n) is 2.83. The van der Waals surface area contributed by atoms with Crippen molar-refractivity contribution in [1.29, 1.82) is 0 Å². The molecule has 4 heteroatoms. The van der Waals surface area contributed by atoms with Gasteiger partial charge in [0.05, 0.1) is 5.92 Å². The molecule has 110 valence electrons. The van der Waals surface area contributed by atoms with Crippen LogP contribution < -0.4 is 11.1 Å². The van der Waals surface area contributed by atoms with E-state index in [2.05, 4.69) is 11.6 Å². The lowest BCUT2D eigenvalue weighted by atomic mass is 9.93. The molecule has 20 heavy (non-hydrogen) atoms. The number of thioether (sulfide) groups is 1. The zero-order valence-corrected chi connectivity index (χ0v) is 13.1. The topological polar surface area (TPSA) is 55.1 Å². The number of hydrogen-bond acceptors (Lipinski definition) is 3. The van der Waals surface area contributed by atoms with Gasteiger partial charge in [-0.1, -0.05) is 25.0 Å². The van der Waals surface area contributed by atoms with Crippen LogP contribution in [-0.4, -0.2) is 23.5 Å². The van der Waals surface area contributed by atoms with Crippen molar-refractivity contribution < 1.29 is 4.79 Å². The van der Waals surface area contributed by atoms with E-state index < -0.39 is 0 Å². The van der Waals surface area contributed by atoms with Crippen molar-refractivity contribution >= 4 is 23.4 Å². The SMILES string of the molecule is CSC1CCCCC1NC(=O)C(C)c1cccc(N)c1. The van der Waals surface area contributed by atoms with Gasteiger partial charge in [-0.05, 0) is 43.7 Å². The molecule has 3 nitrogen and oxygen atoms in total. The summed E-state index contributed by atoms with van der Waals surface area (Å²) >= 11 is 1.87. The molecule has 1 aromatic carbocycles. The number of amides is 1. The van der Waals surface area contributed by atoms with Crippen LogP contribution in [0.2, 0.25) is 0 Å². The van der Waals surface area contributed by atoms with Crippen molar-refractivity contribution in [3.05, 3.63) is 29.8 Å². The first-order valence-corrected chi connectivity index (χ1v) is 8.59. The predicted octanol–water partition coefficient (Wildman–Crippen LogP) is 3.16. The number of hydrogen-bond donors (Lipinski definition) is 2. The molecule has 1 amide bonds. The van der Waals surface area contributed by atoms with Gasteiger partial charge in [-0.25, -0.2) is 0 Å². The highest BCUT2D eigenvalue weighted by Crippen LogP contribution is 2.28. The molecule has 0 saturated heterocycles. The molecule has 0 bridgehead atoms. The third-order valence-corrected chi connectivity index (χ3v) is 5.31. The van der Waals surface area contributed by atoms with E-state index in [0.717, 1.165) is 12.0 Å². The monoisotopic (exact) mass is 292 g/mol. The lowest BCUT2D eigenvalue weighted by molar-refractivity contribution is -0.123. The van der Waals surface area contributed by atoms with E-state index >= 15 is 0 Å². The Morgan fingerprint density at radius 1 is 1.40 bits per heavy atom. The Kier molecular flexibility index (Phi) is 5.35. The number of nitrogens with two attached hydrogens (primary N) is 1. The minimum atomic E-state index is -0.150. The van der Waals surface area contributed by atoms with Gasteiger partial charge in [-0.2, -0.15) is 11.8 Å². The first kappa shape index (κ1) is 15.2. The molecule has 0 spiro atoms. The second kappa shape index (κ2) is 7.02. The van der Waals surface area contributed by atoms with Crippen molar-refractivity contribution in [2.24, 2.45) is 0 Å². The first-order chi connectivity index (χ1) is 9.61. The van der Waals surface area contributed by atoms with Crippen LogP contribution >= 0.6 is 11.8 Å². The number of benzene rings is 1. The molecule has 0 heterocycles. The predicted molar refractivity (Wildman–Crippen MR) is 87.0 cm³/mol. The van der Waals surface area contributed by atoms with Gasteiger partial charge in [0.1, 0.15) is 0 Å². The fraction of sp³-hybridized carbons (Fsp3) is 0.562. The third-order valence-electron chi connectivity index (χ3n) is 4.14. The summed E-state index contributed by atoms with van der Waals surface area (Å²) in [6.07, 6.45) is 6.94. The van der Waals surface area contributed by atoms with E-state index in [4.69, 9.17) is 5.73 Å². The van der Waals surface area contributed by atoms with E-state index in [1.165, 1.54) is 19.3 Å². The lowest BCUT2D eigenvalue weighted by Gasteiger charge is -2.31. The molecule has 3 unspecified atom stereocenters. The van der Waals surface area contributed by atoms with Crippen molar-refractivity contribution in [3.8, 4) is 0 Å². The van der Waals surface area contributed by atoms with Crippen LogP contribution in [0.1, 0.15) is 44.1 Å². The maximum absolute atomic E-state index is 12.4. The highest BCUT2D eigenvalue weighted by molar-refractivity contribution is 7.99. The van der Waals surface area contributed by atoms with Gasteiger partial charge in [0.25, 0.3) is 0 Å². The highest BCUT2D eigenvalue weighted by Gasteiger charge is 2.27. The summed E-state index contributed by atoms with van der Waals surface area (Å²) < 4.78 is 0. The van der Waals surface area contributed by atoms with Crippen molar-refractivity contribution in [2.45, 2.75) is 49.8 Å². The molecule has 1 aliphatic carbocycles. The molecule has 1 aromatic rings. The zero-order chi connectivity index (χ0) is 14.5. The molecule has 0 aromatic heterocycles. The summed E-state index contributed by atoms with van der Waals surface area (Å²) in [7, 11) is 0. The molecule has 0 radical (unpaired) electrons. The van der Waals surface area contributed by atoms with Crippen LogP contribution in [0.25, 0.3) is 0 Å². The number of carbonyl (C=O) groups excluding carboxylic acids is 1. The van der Waals surface area contributed by atoms with E-state index in [-0.39, 0.29) is 11.8 Å². The molecule has 1 aliphatic rings. The van der Waals surface area contributed by atoms with Crippen molar-refractivity contribution in [2.75, 3.05) is 12.0 Å². The largest absolute Gasteiger partial charge is 0.399 e. The van der Waals surface area contributed by atoms with Gasteiger partial charge < -0.3 is 11.1 Å². The van der Waals surface area contributed by atoms with Gasteiger partial charge in [0.15, 0.2) is 0 Å². The van der Waals surface area contributed by atoms with Crippen LogP contribution in [0.5, 0.6) is 0 Å². The van der Waals surface area contributed by atoms with Gasteiger partial charge in [0, 0.05) is 17.0 Å². The Morgan fingerprint density at radius 2 is 2.15 bits per heavy atom. The number of rotatable bonds is 4. The Labute approximate surface area is 125 Å². The van der Waals surface area contributed by atoms with E-state index in [9.17, 15) is 4.79 Å². The Bertz CT molecular complexity index is 464. The minimum absolute atomic E-state index is 0.113. The minimum Gasteiger partial charge on any atom is -0.399 e. The van der Waals surface area contributed by atoms with Gasteiger partial charge in [-0.3, -0.25) is 4.79 Å². The number of anilines is 1. The molecule has 3 N–H and O–H groups in total. The second-order valence-corrected chi connectivity index (χ2v) is 6.64. The maximum atomic E-state index is 12.4. The highest BCUT2D eigenvalue weighted by atomic mass is 32.2. The maximum Gasteiger partial charge on any atom is 0.227 e. The van der Waals surface area contributed by atoms with Gasteiger partial charge in [-0.15, -0.1) is 0 Å². The molecule has 1 fully saturated rings. The number of nitrogens with one attached hydrogen (secondary N) is 1. The smallest absolute Gasteiger partial charge is 0.227 e. The Morgan fingerprint density at radius 3 is 2.85 bits per heavy atom. The molecule has 1 saturated carbocycles. The number of carbonyl (C=O) groups is 1. The second-order valence-electron chi connectivity index (χ2n) is 5.57. The fourth-order valence-corrected chi connectivity index (χ4v) is 3.77. The average molecular weight is 292 g/mol. The standard InChI is InChI=1S/C16H24N2OS/c1-11(12-6-5-7-13(17)10-12)16(19)18-14-8-3-4-9-15(14)20-2/h5-7,10-11,14-15H,3-4,8-9,17H2,1-2H3,(H,18,19). The summed E-state index contributed by atoms with van der Waals surface area (Å²) in [6.45, 7) is 1.95. The molecule has 3 atom stereocenters. The van der Waals surface area contributed by atoms with E-state index in [1.54, 1.807) is 0 Å².